The predicted molar refractivity (Wildman–Crippen MR) is 82.2 cm³/mol. The molecule has 0 fully saturated rings. The summed E-state index contributed by atoms with van der Waals surface area (Å²) in [6.45, 7) is 2.92. The van der Waals surface area contributed by atoms with Crippen molar-refractivity contribution in [3.05, 3.63) is 27.8 Å². The highest BCUT2D eigenvalue weighted by atomic mass is 127. The molecule has 6 heteroatoms. The number of rotatable bonds is 7. The number of halogens is 2. The Kier molecular flexibility index (Phi) is 7.10. The van der Waals surface area contributed by atoms with Crippen molar-refractivity contribution in [2.75, 3.05) is 23.7 Å². The minimum atomic E-state index is -2.08. The SMILES string of the molecule is CCCN(CC(F)CS(=O)O)c1ccccc1I. The molecule has 1 rings (SSSR count). The van der Waals surface area contributed by atoms with Gasteiger partial charge < -0.3 is 9.45 Å². The molecule has 3 nitrogen and oxygen atoms in total. The minimum absolute atomic E-state index is 0.153. The van der Waals surface area contributed by atoms with Crippen molar-refractivity contribution in [1.82, 2.24) is 0 Å². The third-order valence-corrected chi connectivity index (χ3v) is 3.99. The van der Waals surface area contributed by atoms with Gasteiger partial charge in [0.15, 0.2) is 11.1 Å². The zero-order valence-electron chi connectivity index (χ0n) is 10.2. The second-order valence-electron chi connectivity index (χ2n) is 3.98. The molecule has 1 N–H and O–H groups in total. The summed E-state index contributed by atoms with van der Waals surface area (Å²) < 4.78 is 34.0. The molecule has 0 aliphatic rings. The fraction of sp³-hybridized carbons (Fsp3) is 0.500. The van der Waals surface area contributed by atoms with E-state index in [2.05, 4.69) is 22.6 Å². The number of hydrogen-bond acceptors (Lipinski definition) is 2. The van der Waals surface area contributed by atoms with E-state index in [0.29, 0.717) is 0 Å². The number of nitrogens with zero attached hydrogens (tertiary/aromatic N) is 1. The monoisotopic (exact) mass is 385 g/mol. The van der Waals surface area contributed by atoms with E-state index in [9.17, 15) is 8.60 Å². The number of para-hydroxylation sites is 1. The second kappa shape index (κ2) is 8.06. The molecule has 0 amide bonds. The molecular weight excluding hydrogens is 368 g/mol. The third kappa shape index (κ3) is 5.19. The molecule has 1 aromatic rings. The summed E-state index contributed by atoms with van der Waals surface area (Å²) in [5, 5.41) is 0. The van der Waals surface area contributed by atoms with E-state index < -0.39 is 17.3 Å². The van der Waals surface area contributed by atoms with Crippen molar-refractivity contribution in [3.8, 4) is 0 Å². The molecule has 0 saturated heterocycles. The van der Waals surface area contributed by atoms with E-state index in [0.717, 1.165) is 22.2 Å². The fourth-order valence-electron chi connectivity index (χ4n) is 1.73. The summed E-state index contributed by atoms with van der Waals surface area (Å²) in [5.74, 6) is -0.330. The Morgan fingerprint density at radius 3 is 2.72 bits per heavy atom. The fourth-order valence-corrected chi connectivity index (χ4v) is 2.88. The molecule has 2 atom stereocenters. The predicted octanol–water partition coefficient (Wildman–Crippen LogP) is 3.07. The maximum absolute atomic E-state index is 13.6. The van der Waals surface area contributed by atoms with Gasteiger partial charge in [-0.2, -0.15) is 0 Å². The van der Waals surface area contributed by atoms with Gasteiger partial charge in [0.2, 0.25) is 0 Å². The lowest BCUT2D eigenvalue weighted by atomic mass is 10.2. The van der Waals surface area contributed by atoms with Crippen LogP contribution in [0.25, 0.3) is 0 Å². The molecule has 2 unspecified atom stereocenters. The smallest absolute Gasteiger partial charge is 0.155 e. The summed E-state index contributed by atoms with van der Waals surface area (Å²) in [6.07, 6.45) is -0.390. The molecule has 0 radical (unpaired) electrons. The first kappa shape index (κ1) is 15.8. The van der Waals surface area contributed by atoms with Crippen molar-refractivity contribution in [1.29, 1.82) is 0 Å². The van der Waals surface area contributed by atoms with Crippen LogP contribution in [-0.4, -0.2) is 33.8 Å². The van der Waals surface area contributed by atoms with E-state index in [1.807, 2.05) is 36.1 Å². The van der Waals surface area contributed by atoms with Crippen molar-refractivity contribution < 1.29 is 13.2 Å². The summed E-state index contributed by atoms with van der Waals surface area (Å²) in [5.41, 5.74) is 0.978. The van der Waals surface area contributed by atoms with E-state index >= 15 is 0 Å². The molecule has 102 valence electrons. The molecule has 0 spiro atoms. The average molecular weight is 385 g/mol. The Morgan fingerprint density at radius 1 is 1.50 bits per heavy atom. The van der Waals surface area contributed by atoms with E-state index in [-0.39, 0.29) is 12.3 Å². The zero-order chi connectivity index (χ0) is 13.5. The van der Waals surface area contributed by atoms with Gasteiger partial charge in [-0.05, 0) is 41.1 Å². The molecule has 0 saturated carbocycles. The summed E-state index contributed by atoms with van der Waals surface area (Å²) in [4.78, 5) is 1.93. The van der Waals surface area contributed by atoms with Gasteiger partial charge >= 0.3 is 0 Å². The van der Waals surface area contributed by atoms with Crippen LogP contribution in [0.1, 0.15) is 13.3 Å². The van der Waals surface area contributed by atoms with Crippen molar-refractivity contribution >= 4 is 39.4 Å². The molecule has 18 heavy (non-hydrogen) atoms. The molecule has 0 bridgehead atoms. The van der Waals surface area contributed by atoms with Gasteiger partial charge in [-0.15, -0.1) is 0 Å². The summed E-state index contributed by atoms with van der Waals surface area (Å²) in [6, 6.07) is 7.76. The van der Waals surface area contributed by atoms with Crippen LogP contribution in [0.3, 0.4) is 0 Å². The Morgan fingerprint density at radius 2 is 2.17 bits per heavy atom. The van der Waals surface area contributed by atoms with Gasteiger partial charge in [0.05, 0.1) is 18.0 Å². The van der Waals surface area contributed by atoms with Crippen LogP contribution in [0.2, 0.25) is 0 Å². The quantitative estimate of drug-likeness (QED) is 0.580. The maximum Gasteiger partial charge on any atom is 0.155 e. The third-order valence-electron chi connectivity index (χ3n) is 2.43. The standard InChI is InChI=1S/C12H17FINO2S/c1-2-7-15(8-10(13)9-18(16)17)12-6-4-3-5-11(12)14/h3-6,10H,2,7-9H2,1H3,(H,16,17). The first-order valence-corrected chi connectivity index (χ1v) is 8.11. The minimum Gasteiger partial charge on any atom is -0.368 e. The highest BCUT2D eigenvalue weighted by Gasteiger charge is 2.17. The summed E-state index contributed by atoms with van der Waals surface area (Å²) >= 11 is 0.133. The Hall–Kier alpha value is -0.210. The van der Waals surface area contributed by atoms with Gasteiger partial charge in [0, 0.05) is 10.1 Å². The number of benzene rings is 1. The molecule has 0 aliphatic heterocycles. The van der Waals surface area contributed by atoms with E-state index in [1.54, 1.807) is 0 Å². The average Bonchev–Trinajstić information content (AvgIpc) is 2.28. The first-order chi connectivity index (χ1) is 8.54. The summed E-state index contributed by atoms with van der Waals surface area (Å²) in [7, 11) is 0. The van der Waals surface area contributed by atoms with Gasteiger partial charge in [-0.1, -0.05) is 19.1 Å². The van der Waals surface area contributed by atoms with Crippen molar-refractivity contribution in [2.45, 2.75) is 19.5 Å². The van der Waals surface area contributed by atoms with Gasteiger partial charge in [0.25, 0.3) is 0 Å². The van der Waals surface area contributed by atoms with Gasteiger partial charge in [-0.3, -0.25) is 0 Å². The highest BCUT2D eigenvalue weighted by Crippen LogP contribution is 2.22. The van der Waals surface area contributed by atoms with Crippen molar-refractivity contribution in [3.63, 3.8) is 0 Å². The van der Waals surface area contributed by atoms with Crippen LogP contribution in [-0.2, 0) is 11.1 Å². The van der Waals surface area contributed by atoms with Crippen LogP contribution in [0.4, 0.5) is 10.1 Å². The largest absolute Gasteiger partial charge is 0.368 e. The second-order valence-corrected chi connectivity index (χ2v) is 6.12. The van der Waals surface area contributed by atoms with Crippen LogP contribution in [0, 0.1) is 3.57 Å². The lowest BCUT2D eigenvalue weighted by Gasteiger charge is -2.26. The lowest BCUT2D eigenvalue weighted by Crippen LogP contribution is -2.34. The Labute approximate surface area is 123 Å². The van der Waals surface area contributed by atoms with Crippen LogP contribution >= 0.6 is 22.6 Å². The van der Waals surface area contributed by atoms with Gasteiger partial charge in [0.1, 0.15) is 6.17 Å². The molecule has 0 aliphatic carbocycles. The van der Waals surface area contributed by atoms with Crippen LogP contribution in [0.15, 0.2) is 24.3 Å². The first-order valence-electron chi connectivity index (χ1n) is 5.75. The van der Waals surface area contributed by atoms with Crippen LogP contribution < -0.4 is 4.90 Å². The Balaban J connectivity index is 2.77. The molecule has 0 heterocycles. The Bertz CT molecular complexity index is 405. The van der Waals surface area contributed by atoms with Gasteiger partial charge in [-0.25, -0.2) is 8.60 Å². The number of alkyl halides is 1. The topological polar surface area (TPSA) is 40.5 Å². The van der Waals surface area contributed by atoms with E-state index in [1.165, 1.54) is 0 Å². The normalized spacial score (nSPS) is 14.2. The van der Waals surface area contributed by atoms with Crippen LogP contribution in [0.5, 0.6) is 0 Å². The molecular formula is C12H17FINO2S. The van der Waals surface area contributed by atoms with Crippen molar-refractivity contribution in [2.24, 2.45) is 0 Å². The maximum atomic E-state index is 13.6. The number of anilines is 1. The molecule has 1 aromatic carbocycles. The number of hydrogen-bond donors (Lipinski definition) is 1. The zero-order valence-corrected chi connectivity index (χ0v) is 13.2. The lowest BCUT2D eigenvalue weighted by molar-refractivity contribution is 0.360. The molecule has 0 aromatic heterocycles. The van der Waals surface area contributed by atoms with E-state index in [4.69, 9.17) is 4.55 Å². The highest BCUT2D eigenvalue weighted by molar-refractivity contribution is 14.1.